The predicted octanol–water partition coefficient (Wildman–Crippen LogP) is -0.00580. The van der Waals surface area contributed by atoms with Gasteiger partial charge >= 0.3 is 0 Å². The zero-order valence-corrected chi connectivity index (χ0v) is 15.1. The van der Waals surface area contributed by atoms with Gasteiger partial charge in [0.25, 0.3) is 0 Å². The SMILES string of the molecule is COCCN1CCN(CC(=O)N2CCN(c3ccccn3)CC2)CC1. The van der Waals surface area contributed by atoms with Crippen LogP contribution in [0, 0.1) is 0 Å². The maximum atomic E-state index is 12.6. The molecule has 7 nitrogen and oxygen atoms in total. The van der Waals surface area contributed by atoms with Gasteiger partial charge in [-0.3, -0.25) is 14.6 Å². The fourth-order valence-electron chi connectivity index (χ4n) is 3.41. The van der Waals surface area contributed by atoms with E-state index in [2.05, 4.69) is 19.7 Å². The molecule has 7 heteroatoms. The van der Waals surface area contributed by atoms with Gasteiger partial charge in [0.1, 0.15) is 5.82 Å². The summed E-state index contributed by atoms with van der Waals surface area (Å²) in [7, 11) is 1.74. The summed E-state index contributed by atoms with van der Waals surface area (Å²) in [5.41, 5.74) is 0. The first-order chi connectivity index (χ1) is 12.3. The molecule has 0 atom stereocenters. The van der Waals surface area contributed by atoms with Crippen molar-refractivity contribution in [3.05, 3.63) is 24.4 Å². The maximum absolute atomic E-state index is 12.6. The lowest BCUT2D eigenvalue weighted by molar-refractivity contribution is -0.133. The lowest BCUT2D eigenvalue weighted by Crippen LogP contribution is -2.54. The van der Waals surface area contributed by atoms with Gasteiger partial charge in [0.2, 0.25) is 5.91 Å². The molecule has 1 aromatic rings. The van der Waals surface area contributed by atoms with Gasteiger partial charge in [-0.25, -0.2) is 4.98 Å². The minimum Gasteiger partial charge on any atom is -0.383 e. The van der Waals surface area contributed by atoms with Crippen LogP contribution in [0.25, 0.3) is 0 Å². The van der Waals surface area contributed by atoms with E-state index in [4.69, 9.17) is 4.74 Å². The smallest absolute Gasteiger partial charge is 0.236 e. The van der Waals surface area contributed by atoms with Crippen molar-refractivity contribution in [1.82, 2.24) is 19.7 Å². The van der Waals surface area contributed by atoms with E-state index in [0.717, 1.165) is 71.3 Å². The van der Waals surface area contributed by atoms with Gasteiger partial charge in [0.05, 0.1) is 13.2 Å². The number of hydrogen-bond donors (Lipinski definition) is 0. The Labute approximate surface area is 150 Å². The maximum Gasteiger partial charge on any atom is 0.236 e. The van der Waals surface area contributed by atoms with Gasteiger partial charge in [-0.15, -0.1) is 0 Å². The van der Waals surface area contributed by atoms with E-state index in [0.29, 0.717) is 6.54 Å². The number of anilines is 1. The van der Waals surface area contributed by atoms with Gasteiger partial charge in [0, 0.05) is 72.2 Å². The quantitative estimate of drug-likeness (QED) is 0.722. The average molecular weight is 347 g/mol. The van der Waals surface area contributed by atoms with Crippen molar-refractivity contribution in [3.8, 4) is 0 Å². The number of pyridine rings is 1. The van der Waals surface area contributed by atoms with E-state index in [1.54, 1.807) is 7.11 Å². The summed E-state index contributed by atoms with van der Waals surface area (Å²) in [6.07, 6.45) is 1.82. The molecule has 3 rings (SSSR count). The van der Waals surface area contributed by atoms with E-state index >= 15 is 0 Å². The topological polar surface area (TPSA) is 52.2 Å². The molecule has 3 heterocycles. The van der Waals surface area contributed by atoms with Crippen molar-refractivity contribution >= 4 is 11.7 Å². The van der Waals surface area contributed by atoms with Crippen molar-refractivity contribution in [3.63, 3.8) is 0 Å². The standard InChI is InChI=1S/C18H29N5O2/c1-25-15-14-20-6-8-21(9-7-20)16-18(24)23-12-10-22(11-13-23)17-4-2-3-5-19-17/h2-5H,6-16H2,1H3. The summed E-state index contributed by atoms with van der Waals surface area (Å²) in [6.45, 7) is 9.53. The summed E-state index contributed by atoms with van der Waals surface area (Å²) in [5.74, 6) is 1.26. The Kier molecular flexibility index (Phi) is 6.61. The Hall–Kier alpha value is -1.70. The number of nitrogens with zero attached hydrogens (tertiary/aromatic N) is 5. The second-order valence-corrected chi connectivity index (χ2v) is 6.67. The molecule has 1 aromatic heterocycles. The first-order valence-corrected chi connectivity index (χ1v) is 9.13. The van der Waals surface area contributed by atoms with E-state index in [-0.39, 0.29) is 5.91 Å². The van der Waals surface area contributed by atoms with E-state index in [1.165, 1.54) is 0 Å². The van der Waals surface area contributed by atoms with Crippen molar-refractivity contribution < 1.29 is 9.53 Å². The van der Waals surface area contributed by atoms with Crippen molar-refractivity contribution in [2.45, 2.75) is 0 Å². The number of amides is 1. The molecule has 0 N–H and O–H groups in total. The highest BCUT2D eigenvalue weighted by molar-refractivity contribution is 5.78. The van der Waals surface area contributed by atoms with Gasteiger partial charge in [0.15, 0.2) is 0 Å². The molecule has 0 radical (unpaired) electrons. The van der Waals surface area contributed by atoms with Gasteiger partial charge in [-0.2, -0.15) is 0 Å². The Morgan fingerprint density at radius 1 is 1.04 bits per heavy atom. The van der Waals surface area contributed by atoms with Crippen LogP contribution in [0.3, 0.4) is 0 Å². The fourth-order valence-corrected chi connectivity index (χ4v) is 3.41. The minimum atomic E-state index is 0.256. The molecule has 1 amide bonds. The highest BCUT2D eigenvalue weighted by atomic mass is 16.5. The number of ether oxygens (including phenoxy) is 1. The first kappa shape index (κ1) is 18.1. The van der Waals surface area contributed by atoms with Gasteiger partial charge < -0.3 is 14.5 Å². The third-order valence-corrected chi connectivity index (χ3v) is 5.04. The summed E-state index contributed by atoms with van der Waals surface area (Å²) < 4.78 is 5.13. The number of carbonyl (C=O) groups is 1. The molecule has 25 heavy (non-hydrogen) atoms. The molecular weight excluding hydrogens is 318 g/mol. The Morgan fingerprint density at radius 3 is 2.40 bits per heavy atom. The van der Waals surface area contributed by atoms with Crippen LogP contribution in [0.5, 0.6) is 0 Å². The molecule has 2 fully saturated rings. The predicted molar refractivity (Wildman–Crippen MR) is 97.8 cm³/mol. The zero-order valence-electron chi connectivity index (χ0n) is 15.1. The second-order valence-electron chi connectivity index (χ2n) is 6.67. The van der Waals surface area contributed by atoms with Gasteiger partial charge in [-0.1, -0.05) is 6.07 Å². The number of methoxy groups -OCH3 is 1. The van der Waals surface area contributed by atoms with Crippen LogP contribution in [0.1, 0.15) is 0 Å². The minimum absolute atomic E-state index is 0.256. The van der Waals surface area contributed by atoms with E-state index < -0.39 is 0 Å². The Morgan fingerprint density at radius 2 is 1.76 bits per heavy atom. The summed E-state index contributed by atoms with van der Waals surface area (Å²) >= 11 is 0. The molecule has 2 aliphatic rings. The van der Waals surface area contributed by atoms with Crippen molar-refractivity contribution in [2.24, 2.45) is 0 Å². The molecule has 0 spiro atoms. The number of aromatic nitrogens is 1. The highest BCUT2D eigenvalue weighted by Crippen LogP contribution is 2.13. The molecule has 138 valence electrons. The van der Waals surface area contributed by atoms with Crippen LogP contribution < -0.4 is 4.90 Å². The fraction of sp³-hybridized carbons (Fsp3) is 0.667. The number of hydrogen-bond acceptors (Lipinski definition) is 6. The number of carbonyl (C=O) groups excluding carboxylic acids is 1. The molecule has 0 aliphatic carbocycles. The first-order valence-electron chi connectivity index (χ1n) is 9.13. The molecular formula is C18H29N5O2. The van der Waals surface area contributed by atoms with Crippen LogP contribution >= 0.6 is 0 Å². The third kappa shape index (κ3) is 5.14. The van der Waals surface area contributed by atoms with Gasteiger partial charge in [-0.05, 0) is 12.1 Å². The third-order valence-electron chi connectivity index (χ3n) is 5.04. The Bertz CT molecular complexity index is 526. The normalized spacial score (nSPS) is 20.0. The van der Waals surface area contributed by atoms with Crippen LogP contribution in [0.2, 0.25) is 0 Å². The lowest BCUT2D eigenvalue weighted by atomic mass is 10.2. The Balaban J connectivity index is 1.39. The van der Waals surface area contributed by atoms with E-state index in [9.17, 15) is 4.79 Å². The van der Waals surface area contributed by atoms with Crippen molar-refractivity contribution in [1.29, 1.82) is 0 Å². The van der Waals surface area contributed by atoms with Crippen LogP contribution in [0.4, 0.5) is 5.82 Å². The number of piperazine rings is 2. The van der Waals surface area contributed by atoms with Crippen LogP contribution in [-0.4, -0.2) is 105 Å². The molecule has 0 aromatic carbocycles. The van der Waals surface area contributed by atoms with Crippen LogP contribution in [-0.2, 0) is 9.53 Å². The largest absolute Gasteiger partial charge is 0.383 e. The molecule has 0 saturated carbocycles. The zero-order chi connectivity index (χ0) is 17.5. The van der Waals surface area contributed by atoms with E-state index in [1.807, 2.05) is 29.3 Å². The molecule has 0 unspecified atom stereocenters. The summed E-state index contributed by atoms with van der Waals surface area (Å²) in [5, 5.41) is 0. The monoisotopic (exact) mass is 347 g/mol. The van der Waals surface area contributed by atoms with Crippen LogP contribution in [0.15, 0.2) is 24.4 Å². The summed E-state index contributed by atoms with van der Waals surface area (Å²) in [4.78, 5) is 25.9. The second kappa shape index (κ2) is 9.12. The average Bonchev–Trinajstić information content (AvgIpc) is 2.68. The molecule has 0 bridgehead atoms. The summed E-state index contributed by atoms with van der Waals surface area (Å²) in [6, 6.07) is 5.96. The van der Waals surface area contributed by atoms with Crippen molar-refractivity contribution in [2.75, 3.05) is 84.1 Å². The molecule has 2 saturated heterocycles. The highest BCUT2D eigenvalue weighted by Gasteiger charge is 2.25. The number of rotatable bonds is 6. The lowest BCUT2D eigenvalue weighted by Gasteiger charge is -2.38. The molecule has 2 aliphatic heterocycles.